The molecule has 0 spiro atoms. The van der Waals surface area contributed by atoms with Gasteiger partial charge in [-0.2, -0.15) is 0 Å². The van der Waals surface area contributed by atoms with Crippen LogP contribution in [0.15, 0.2) is 36.4 Å². The summed E-state index contributed by atoms with van der Waals surface area (Å²) >= 11 is 0. The summed E-state index contributed by atoms with van der Waals surface area (Å²) in [4.78, 5) is 62.4. The van der Waals surface area contributed by atoms with E-state index in [1.54, 1.807) is 18.2 Å². The third-order valence-electron chi connectivity index (χ3n) is 5.70. The molecule has 3 aliphatic heterocycles. The Morgan fingerprint density at radius 3 is 2.58 bits per heavy atom. The molecule has 0 unspecified atom stereocenters. The van der Waals surface area contributed by atoms with E-state index < -0.39 is 29.2 Å². The second-order valence-electron chi connectivity index (χ2n) is 7.79. The number of Topliss-reactive ketones (excluding diaryl/α,β-unsaturated/α-hetero) is 1. The third-order valence-corrected chi connectivity index (χ3v) is 5.70. The molecule has 0 radical (unpaired) electrons. The molecule has 0 aromatic heterocycles. The van der Waals surface area contributed by atoms with E-state index in [1.807, 2.05) is 0 Å². The van der Waals surface area contributed by atoms with Crippen LogP contribution in [0, 0.1) is 11.8 Å². The van der Waals surface area contributed by atoms with Crippen LogP contribution >= 0.6 is 0 Å². The number of hydrogen-bond donors (Lipinski definition) is 3. The van der Waals surface area contributed by atoms with Crippen molar-refractivity contribution in [1.29, 1.82) is 0 Å². The molecule has 3 N–H and O–H groups in total. The summed E-state index contributed by atoms with van der Waals surface area (Å²) in [6, 6.07) is 8.94. The number of ketones is 1. The number of amides is 5. The SMILES string of the molecule is COc1ccc2c(c1)C(=O)N(C[C@@]1(C#Cc3ccc4c(c3)NC(=O)C4=O)NC(=O)NC1=O)C2. The molecular formula is C23H16N4O6. The number of hydrogen-bond acceptors (Lipinski definition) is 6. The van der Waals surface area contributed by atoms with Crippen molar-refractivity contribution in [2.45, 2.75) is 12.1 Å². The van der Waals surface area contributed by atoms with Crippen molar-refractivity contribution in [3.63, 3.8) is 0 Å². The number of benzene rings is 2. The molecule has 0 bridgehead atoms. The third kappa shape index (κ3) is 3.27. The van der Waals surface area contributed by atoms with Gasteiger partial charge in [0.1, 0.15) is 5.75 Å². The first-order valence-electron chi connectivity index (χ1n) is 9.92. The maximum atomic E-state index is 13.0. The molecule has 1 saturated heterocycles. The lowest BCUT2D eigenvalue weighted by molar-refractivity contribution is -0.122. The summed E-state index contributed by atoms with van der Waals surface area (Å²) in [6.07, 6.45) is 0. The van der Waals surface area contributed by atoms with Gasteiger partial charge in [-0.1, -0.05) is 17.9 Å². The molecule has 0 aliphatic carbocycles. The predicted octanol–water partition coefficient (Wildman–Crippen LogP) is 0.416. The quantitative estimate of drug-likeness (QED) is 0.357. The topological polar surface area (TPSA) is 134 Å². The molecule has 1 atom stereocenters. The van der Waals surface area contributed by atoms with Gasteiger partial charge in [-0.3, -0.25) is 24.5 Å². The molecule has 5 amide bonds. The van der Waals surface area contributed by atoms with E-state index in [4.69, 9.17) is 4.74 Å². The second kappa shape index (κ2) is 7.20. The molecule has 3 aliphatic rings. The van der Waals surface area contributed by atoms with Gasteiger partial charge in [0, 0.05) is 17.7 Å². The van der Waals surface area contributed by atoms with Gasteiger partial charge in [-0.15, -0.1) is 0 Å². The van der Waals surface area contributed by atoms with Crippen LogP contribution in [-0.2, 0) is 16.1 Å². The number of imide groups is 1. The van der Waals surface area contributed by atoms with Crippen LogP contribution in [0.25, 0.3) is 0 Å². The first-order valence-corrected chi connectivity index (χ1v) is 9.92. The molecule has 1 fully saturated rings. The number of carbonyl (C=O) groups is 5. The Morgan fingerprint density at radius 2 is 1.85 bits per heavy atom. The summed E-state index contributed by atoms with van der Waals surface area (Å²) in [7, 11) is 1.50. The molecule has 2 aromatic carbocycles. The van der Waals surface area contributed by atoms with E-state index in [0.717, 1.165) is 5.56 Å². The Balaban J connectivity index is 1.45. The van der Waals surface area contributed by atoms with Gasteiger partial charge >= 0.3 is 6.03 Å². The van der Waals surface area contributed by atoms with Crippen molar-refractivity contribution in [3.8, 4) is 17.6 Å². The van der Waals surface area contributed by atoms with Crippen molar-refractivity contribution in [3.05, 3.63) is 58.7 Å². The van der Waals surface area contributed by atoms with Gasteiger partial charge in [-0.05, 0) is 35.9 Å². The lowest BCUT2D eigenvalue weighted by Gasteiger charge is -2.26. The van der Waals surface area contributed by atoms with Crippen LogP contribution < -0.4 is 20.7 Å². The minimum atomic E-state index is -1.67. The summed E-state index contributed by atoms with van der Waals surface area (Å²) in [5.41, 5.74) is 0.538. The number of methoxy groups -OCH3 is 1. The number of fused-ring (bicyclic) bond motifs is 2. The summed E-state index contributed by atoms with van der Waals surface area (Å²) in [5, 5.41) is 7.17. The molecule has 3 heterocycles. The van der Waals surface area contributed by atoms with Gasteiger partial charge in [0.2, 0.25) is 5.54 Å². The minimum absolute atomic E-state index is 0.173. The standard InChI is InChI=1S/C23H16N4O6/c1-33-14-4-3-13-10-27(20(30)16(13)9-14)11-23(21(31)25-22(32)26-23)7-6-12-2-5-15-17(8-12)24-19(29)18(15)28/h2-5,8-9H,10-11H2,1H3,(H,24,28,29)(H2,25,26,31,32)/t23-/m1/s1. The summed E-state index contributed by atoms with van der Waals surface area (Å²) in [6.45, 7) is 0.0747. The van der Waals surface area contributed by atoms with Gasteiger partial charge < -0.3 is 20.3 Å². The Hall–Kier alpha value is -4.65. The van der Waals surface area contributed by atoms with E-state index in [-0.39, 0.29) is 24.6 Å². The minimum Gasteiger partial charge on any atom is -0.497 e. The molecule has 2 aromatic rings. The highest BCUT2D eigenvalue weighted by Crippen LogP contribution is 2.29. The van der Waals surface area contributed by atoms with Crippen molar-refractivity contribution in [1.82, 2.24) is 15.5 Å². The maximum Gasteiger partial charge on any atom is 0.323 e. The summed E-state index contributed by atoms with van der Waals surface area (Å²) in [5.74, 6) is 3.81. The van der Waals surface area contributed by atoms with Crippen LogP contribution in [-0.4, -0.2) is 53.6 Å². The van der Waals surface area contributed by atoms with Crippen LogP contribution in [0.4, 0.5) is 10.5 Å². The number of carbonyl (C=O) groups excluding carboxylic acids is 5. The van der Waals surface area contributed by atoms with Gasteiger partial charge in [0.05, 0.1) is 24.9 Å². The average Bonchev–Trinajstić information content (AvgIpc) is 3.37. The number of nitrogens with one attached hydrogen (secondary N) is 3. The van der Waals surface area contributed by atoms with Gasteiger partial charge in [0.15, 0.2) is 0 Å². The Kier molecular flexibility index (Phi) is 4.42. The Labute approximate surface area is 187 Å². The fraction of sp³-hybridized carbons (Fsp3) is 0.174. The highest BCUT2D eigenvalue weighted by Gasteiger charge is 2.48. The number of anilines is 1. The van der Waals surface area contributed by atoms with E-state index in [1.165, 1.54) is 30.2 Å². The second-order valence-corrected chi connectivity index (χ2v) is 7.79. The van der Waals surface area contributed by atoms with E-state index >= 15 is 0 Å². The highest BCUT2D eigenvalue weighted by molar-refractivity contribution is 6.51. The first kappa shape index (κ1) is 20.3. The van der Waals surface area contributed by atoms with Crippen molar-refractivity contribution >= 4 is 35.2 Å². The van der Waals surface area contributed by atoms with E-state index in [9.17, 15) is 24.0 Å². The number of urea groups is 1. The lowest BCUT2D eigenvalue weighted by Crippen LogP contribution is -2.54. The fourth-order valence-corrected chi connectivity index (χ4v) is 4.02. The smallest absolute Gasteiger partial charge is 0.323 e. The summed E-state index contributed by atoms with van der Waals surface area (Å²) < 4.78 is 5.18. The van der Waals surface area contributed by atoms with Crippen molar-refractivity contribution in [2.24, 2.45) is 0 Å². The van der Waals surface area contributed by atoms with Gasteiger partial charge in [0.25, 0.3) is 23.5 Å². The zero-order valence-electron chi connectivity index (χ0n) is 17.3. The molecule has 0 saturated carbocycles. The highest BCUT2D eigenvalue weighted by atomic mass is 16.5. The number of nitrogens with zero attached hydrogens (tertiary/aromatic N) is 1. The molecule has 5 rings (SSSR count). The maximum absolute atomic E-state index is 13.0. The first-order chi connectivity index (χ1) is 15.8. The Bertz CT molecular complexity index is 1350. The van der Waals surface area contributed by atoms with Crippen molar-refractivity contribution < 1.29 is 28.7 Å². The normalized spacial score (nSPS) is 20.5. The van der Waals surface area contributed by atoms with E-state index in [0.29, 0.717) is 22.6 Å². The van der Waals surface area contributed by atoms with Crippen molar-refractivity contribution in [2.75, 3.05) is 19.0 Å². The molecule has 164 valence electrons. The van der Waals surface area contributed by atoms with Crippen LogP contribution in [0.5, 0.6) is 5.75 Å². The number of ether oxygens (including phenoxy) is 1. The number of rotatable bonds is 3. The van der Waals surface area contributed by atoms with Crippen LogP contribution in [0.3, 0.4) is 0 Å². The fourth-order valence-electron chi connectivity index (χ4n) is 4.02. The molecular weight excluding hydrogens is 428 g/mol. The van der Waals surface area contributed by atoms with Crippen LogP contribution in [0.1, 0.15) is 31.8 Å². The van der Waals surface area contributed by atoms with Gasteiger partial charge in [-0.25, -0.2) is 4.79 Å². The predicted molar refractivity (Wildman–Crippen MR) is 113 cm³/mol. The largest absolute Gasteiger partial charge is 0.497 e. The van der Waals surface area contributed by atoms with E-state index in [2.05, 4.69) is 27.8 Å². The molecule has 33 heavy (non-hydrogen) atoms. The monoisotopic (exact) mass is 444 g/mol. The lowest BCUT2D eigenvalue weighted by atomic mass is 9.98. The molecule has 10 nitrogen and oxygen atoms in total. The molecule has 10 heteroatoms. The van der Waals surface area contributed by atoms with Crippen LogP contribution in [0.2, 0.25) is 0 Å². The average molecular weight is 444 g/mol. The zero-order chi connectivity index (χ0) is 23.3. The zero-order valence-corrected chi connectivity index (χ0v) is 17.3. The Morgan fingerprint density at radius 1 is 1.03 bits per heavy atom.